The van der Waals surface area contributed by atoms with Crippen molar-refractivity contribution in [2.24, 2.45) is 5.92 Å². The molecule has 0 radical (unpaired) electrons. The maximum Gasteiger partial charge on any atom is 0.269 e. The predicted octanol–water partition coefficient (Wildman–Crippen LogP) is 5.73. The van der Waals surface area contributed by atoms with Gasteiger partial charge in [-0.05, 0) is 29.5 Å². The van der Waals surface area contributed by atoms with Crippen LogP contribution in [-0.4, -0.2) is 4.92 Å². The topological polar surface area (TPSA) is 55.2 Å². The van der Waals surface area contributed by atoms with E-state index in [2.05, 4.69) is 17.5 Å². The van der Waals surface area contributed by atoms with E-state index in [-0.39, 0.29) is 22.6 Å². The number of hydrogen-bond donors (Lipinski definition) is 1. The highest BCUT2D eigenvalue weighted by Gasteiger charge is 2.39. The molecule has 0 spiro atoms. The van der Waals surface area contributed by atoms with Crippen molar-refractivity contribution in [2.45, 2.75) is 18.4 Å². The molecule has 122 valence electrons. The summed E-state index contributed by atoms with van der Waals surface area (Å²) >= 11 is 12.6. The Labute approximate surface area is 149 Å². The van der Waals surface area contributed by atoms with Crippen molar-refractivity contribution in [3.05, 3.63) is 79.8 Å². The molecule has 0 amide bonds. The number of rotatable bonds is 2. The number of non-ortho nitro benzene ring substituents is 1. The van der Waals surface area contributed by atoms with Crippen LogP contribution in [0.5, 0.6) is 0 Å². The number of nitro benzene ring substituents is 1. The molecular formula is C18H14Cl2N2O2. The zero-order chi connectivity index (χ0) is 16.8. The van der Waals surface area contributed by atoms with Gasteiger partial charge in [-0.25, -0.2) is 0 Å². The number of nitrogens with one attached hydrogen (secondary N) is 1. The lowest BCUT2D eigenvalue weighted by Crippen LogP contribution is -2.29. The van der Waals surface area contributed by atoms with Crippen LogP contribution < -0.4 is 5.32 Å². The summed E-state index contributed by atoms with van der Waals surface area (Å²) in [6.07, 6.45) is 5.36. The molecule has 0 saturated heterocycles. The first kappa shape index (κ1) is 15.5. The Morgan fingerprint density at radius 1 is 1.12 bits per heavy atom. The second kappa shape index (κ2) is 5.80. The average molecular weight is 361 g/mol. The van der Waals surface area contributed by atoms with E-state index in [1.54, 1.807) is 12.1 Å². The lowest BCUT2D eigenvalue weighted by molar-refractivity contribution is -0.384. The van der Waals surface area contributed by atoms with Crippen molar-refractivity contribution < 1.29 is 4.92 Å². The molecule has 1 N–H and O–H groups in total. The SMILES string of the molecule is O=[N+]([O-])c1ccc([C@H]2Nc3c(ccc(Cl)c3Cl)[C@@H]3C=CC[C@H]23)cc1. The van der Waals surface area contributed by atoms with Crippen LogP contribution in [0, 0.1) is 16.0 Å². The molecule has 1 aliphatic carbocycles. The van der Waals surface area contributed by atoms with E-state index in [9.17, 15) is 10.1 Å². The average Bonchev–Trinajstić information content (AvgIpc) is 3.07. The molecule has 0 unspecified atom stereocenters. The Hall–Kier alpha value is -2.04. The number of hydrogen-bond acceptors (Lipinski definition) is 3. The van der Waals surface area contributed by atoms with E-state index in [0.717, 1.165) is 23.2 Å². The molecule has 4 rings (SSSR count). The summed E-state index contributed by atoms with van der Waals surface area (Å²) in [6, 6.07) is 10.6. The van der Waals surface area contributed by atoms with E-state index < -0.39 is 0 Å². The summed E-state index contributed by atoms with van der Waals surface area (Å²) in [5.74, 6) is 0.632. The quantitative estimate of drug-likeness (QED) is 0.422. The minimum Gasteiger partial charge on any atom is -0.376 e. The van der Waals surface area contributed by atoms with Crippen LogP contribution in [0.1, 0.15) is 29.5 Å². The van der Waals surface area contributed by atoms with Gasteiger partial charge >= 0.3 is 0 Å². The molecular weight excluding hydrogens is 347 g/mol. The van der Waals surface area contributed by atoms with Crippen molar-refractivity contribution >= 4 is 34.6 Å². The number of nitrogens with zero attached hydrogens (tertiary/aromatic N) is 1. The number of halogens is 2. The summed E-state index contributed by atoms with van der Waals surface area (Å²) in [5.41, 5.74) is 3.12. The highest BCUT2D eigenvalue weighted by Crippen LogP contribution is 2.52. The summed E-state index contributed by atoms with van der Waals surface area (Å²) in [5, 5.41) is 15.4. The molecule has 0 fully saturated rings. The molecule has 0 aromatic heterocycles. The molecule has 0 saturated carbocycles. The molecule has 0 bridgehead atoms. The lowest BCUT2D eigenvalue weighted by Gasteiger charge is -2.38. The lowest BCUT2D eigenvalue weighted by atomic mass is 9.77. The molecule has 2 aliphatic rings. The van der Waals surface area contributed by atoms with Crippen LogP contribution in [0.25, 0.3) is 0 Å². The van der Waals surface area contributed by atoms with Gasteiger partial charge in [0.1, 0.15) is 0 Å². The Morgan fingerprint density at radius 2 is 1.88 bits per heavy atom. The van der Waals surface area contributed by atoms with Gasteiger partial charge in [0.2, 0.25) is 0 Å². The third kappa shape index (κ3) is 2.38. The molecule has 4 nitrogen and oxygen atoms in total. The summed E-state index contributed by atoms with van der Waals surface area (Å²) < 4.78 is 0. The Morgan fingerprint density at radius 3 is 2.58 bits per heavy atom. The van der Waals surface area contributed by atoms with Crippen molar-refractivity contribution in [3.63, 3.8) is 0 Å². The Kier molecular flexibility index (Phi) is 3.74. The van der Waals surface area contributed by atoms with Crippen LogP contribution in [0.3, 0.4) is 0 Å². The smallest absolute Gasteiger partial charge is 0.269 e. The minimum atomic E-state index is -0.385. The van der Waals surface area contributed by atoms with E-state index in [1.165, 1.54) is 0 Å². The third-order valence-corrected chi connectivity index (χ3v) is 5.69. The molecule has 3 atom stereocenters. The van der Waals surface area contributed by atoms with E-state index in [0.29, 0.717) is 16.0 Å². The molecule has 1 aliphatic heterocycles. The maximum atomic E-state index is 10.9. The van der Waals surface area contributed by atoms with E-state index in [4.69, 9.17) is 23.2 Å². The first-order valence-corrected chi connectivity index (χ1v) is 8.47. The molecule has 1 heterocycles. The second-order valence-electron chi connectivity index (χ2n) is 6.15. The summed E-state index contributed by atoms with van der Waals surface area (Å²) in [4.78, 5) is 10.5. The van der Waals surface area contributed by atoms with Crippen molar-refractivity contribution in [1.82, 2.24) is 0 Å². The molecule has 6 heteroatoms. The number of fused-ring (bicyclic) bond motifs is 3. The first-order chi connectivity index (χ1) is 11.6. The van der Waals surface area contributed by atoms with Gasteiger partial charge < -0.3 is 5.32 Å². The van der Waals surface area contributed by atoms with E-state index >= 15 is 0 Å². The largest absolute Gasteiger partial charge is 0.376 e. The van der Waals surface area contributed by atoms with Crippen LogP contribution in [0.4, 0.5) is 11.4 Å². The van der Waals surface area contributed by atoms with Crippen molar-refractivity contribution in [3.8, 4) is 0 Å². The zero-order valence-electron chi connectivity index (χ0n) is 12.6. The molecule has 2 aromatic rings. The fraction of sp³-hybridized carbons (Fsp3) is 0.222. The van der Waals surface area contributed by atoms with Gasteiger partial charge in [-0.15, -0.1) is 0 Å². The second-order valence-corrected chi connectivity index (χ2v) is 6.93. The normalized spacial score (nSPS) is 24.2. The van der Waals surface area contributed by atoms with Crippen molar-refractivity contribution in [1.29, 1.82) is 0 Å². The van der Waals surface area contributed by atoms with Gasteiger partial charge in [-0.1, -0.05) is 53.6 Å². The van der Waals surface area contributed by atoms with Gasteiger partial charge in [0, 0.05) is 18.1 Å². The standard InChI is InChI=1S/C18H14Cl2N2O2/c19-15-9-8-14-12-2-1-3-13(12)17(21-18(14)16(15)20)10-4-6-11(7-5-10)22(23)24/h1-2,4-9,12-13,17,21H,3H2/t12-,13+,17-/m1/s1. The number of anilines is 1. The van der Waals surface area contributed by atoms with Crippen LogP contribution in [0.2, 0.25) is 10.0 Å². The Balaban J connectivity index is 1.77. The summed E-state index contributed by atoms with van der Waals surface area (Å²) in [6.45, 7) is 0. The van der Waals surface area contributed by atoms with Crippen LogP contribution in [0.15, 0.2) is 48.6 Å². The Bertz CT molecular complexity index is 849. The number of allylic oxidation sites excluding steroid dienone is 2. The monoisotopic (exact) mass is 360 g/mol. The predicted molar refractivity (Wildman–Crippen MR) is 95.9 cm³/mol. The van der Waals surface area contributed by atoms with Crippen LogP contribution >= 0.6 is 23.2 Å². The fourth-order valence-corrected chi connectivity index (χ4v) is 4.12. The minimum absolute atomic E-state index is 0.0364. The maximum absolute atomic E-state index is 10.9. The van der Waals surface area contributed by atoms with Gasteiger partial charge in [0.15, 0.2) is 0 Å². The zero-order valence-corrected chi connectivity index (χ0v) is 14.1. The van der Waals surface area contributed by atoms with Gasteiger partial charge in [-0.3, -0.25) is 10.1 Å². The fourth-order valence-electron chi connectivity index (χ4n) is 3.74. The van der Waals surface area contributed by atoms with Crippen molar-refractivity contribution in [2.75, 3.05) is 5.32 Å². The van der Waals surface area contributed by atoms with Gasteiger partial charge in [0.05, 0.1) is 26.7 Å². The highest BCUT2D eigenvalue weighted by molar-refractivity contribution is 6.43. The van der Waals surface area contributed by atoms with Crippen LogP contribution in [-0.2, 0) is 0 Å². The third-order valence-electron chi connectivity index (χ3n) is 4.89. The summed E-state index contributed by atoms with van der Waals surface area (Å²) in [7, 11) is 0. The first-order valence-electron chi connectivity index (χ1n) is 7.71. The number of benzene rings is 2. The van der Waals surface area contributed by atoms with Gasteiger partial charge in [-0.2, -0.15) is 0 Å². The van der Waals surface area contributed by atoms with Gasteiger partial charge in [0.25, 0.3) is 5.69 Å². The molecule has 24 heavy (non-hydrogen) atoms. The van der Waals surface area contributed by atoms with E-state index in [1.807, 2.05) is 24.3 Å². The highest BCUT2D eigenvalue weighted by atomic mass is 35.5. The number of nitro groups is 1. The molecule has 2 aromatic carbocycles.